The summed E-state index contributed by atoms with van der Waals surface area (Å²) in [7, 11) is 4.78. The van der Waals surface area contributed by atoms with Crippen LogP contribution in [0.5, 0.6) is 0 Å². The summed E-state index contributed by atoms with van der Waals surface area (Å²) in [5.41, 5.74) is 0.874. The highest BCUT2D eigenvalue weighted by Crippen LogP contribution is 2.21. The van der Waals surface area contributed by atoms with Crippen LogP contribution in [0.1, 0.15) is 5.56 Å². The molecule has 0 atom stereocenters. The van der Waals surface area contributed by atoms with Gasteiger partial charge in [0.25, 0.3) is 5.24 Å². The summed E-state index contributed by atoms with van der Waals surface area (Å²) in [6.07, 6.45) is 0.253. The molecule has 4 nitrogen and oxygen atoms in total. The molecule has 1 amide bonds. The predicted octanol–water partition coefficient (Wildman–Crippen LogP) is 2.18. The van der Waals surface area contributed by atoms with Crippen molar-refractivity contribution < 1.29 is 14.3 Å². The molecule has 92 valence electrons. The molecule has 1 aromatic rings. The van der Waals surface area contributed by atoms with E-state index in [1.807, 2.05) is 24.3 Å². The lowest BCUT2D eigenvalue weighted by molar-refractivity contribution is -0.139. The van der Waals surface area contributed by atoms with E-state index in [-0.39, 0.29) is 17.6 Å². The number of carbonyl (C=O) groups excluding carboxylic acids is 2. The fraction of sp³-hybridized carbons (Fsp3) is 0.333. The van der Waals surface area contributed by atoms with Crippen molar-refractivity contribution in [2.24, 2.45) is 0 Å². The van der Waals surface area contributed by atoms with Gasteiger partial charge >= 0.3 is 5.97 Å². The molecular weight excluding hydrogens is 238 g/mol. The van der Waals surface area contributed by atoms with E-state index in [4.69, 9.17) is 0 Å². The number of thioether (sulfide) groups is 1. The van der Waals surface area contributed by atoms with Crippen LogP contribution in [0.15, 0.2) is 29.2 Å². The van der Waals surface area contributed by atoms with Gasteiger partial charge in [0.15, 0.2) is 0 Å². The van der Waals surface area contributed by atoms with Crippen molar-refractivity contribution in [2.45, 2.75) is 11.3 Å². The number of ether oxygens (including phenoxy) is 1. The molecule has 0 heterocycles. The van der Waals surface area contributed by atoms with Gasteiger partial charge in [-0.15, -0.1) is 0 Å². The van der Waals surface area contributed by atoms with E-state index in [0.717, 1.165) is 22.2 Å². The summed E-state index contributed by atoms with van der Waals surface area (Å²) in [6, 6.07) is 7.29. The van der Waals surface area contributed by atoms with Crippen LogP contribution in [0.25, 0.3) is 0 Å². The van der Waals surface area contributed by atoms with Gasteiger partial charge in [-0.05, 0) is 29.5 Å². The van der Waals surface area contributed by atoms with Crippen molar-refractivity contribution in [2.75, 3.05) is 21.2 Å². The van der Waals surface area contributed by atoms with Gasteiger partial charge in [-0.2, -0.15) is 0 Å². The summed E-state index contributed by atoms with van der Waals surface area (Å²) < 4.78 is 4.58. The van der Waals surface area contributed by atoms with Gasteiger partial charge < -0.3 is 9.64 Å². The van der Waals surface area contributed by atoms with Crippen LogP contribution in [0, 0.1) is 0 Å². The maximum Gasteiger partial charge on any atom is 0.309 e. The van der Waals surface area contributed by atoms with E-state index in [1.165, 1.54) is 12.0 Å². The third-order valence-corrected chi connectivity index (χ3v) is 3.12. The van der Waals surface area contributed by atoms with E-state index in [2.05, 4.69) is 4.74 Å². The maximum atomic E-state index is 11.4. The van der Waals surface area contributed by atoms with Crippen LogP contribution in [0.2, 0.25) is 0 Å². The van der Waals surface area contributed by atoms with Crippen LogP contribution in [-0.2, 0) is 16.0 Å². The second kappa shape index (κ2) is 6.30. The number of esters is 1. The molecule has 1 aromatic carbocycles. The quantitative estimate of drug-likeness (QED) is 0.612. The molecule has 0 bridgehead atoms. The standard InChI is InChI=1S/C12H15NO3S/c1-13(2)12(15)17-10-6-4-9(5-7-10)8-11(14)16-3/h4-7H,8H2,1-3H3. The predicted molar refractivity (Wildman–Crippen MR) is 67.1 cm³/mol. The summed E-state index contributed by atoms with van der Waals surface area (Å²) in [4.78, 5) is 24.9. The van der Waals surface area contributed by atoms with E-state index >= 15 is 0 Å². The number of hydrogen-bond acceptors (Lipinski definition) is 4. The average molecular weight is 253 g/mol. The zero-order valence-electron chi connectivity index (χ0n) is 10.1. The van der Waals surface area contributed by atoms with Gasteiger partial charge in [0.2, 0.25) is 0 Å². The molecule has 17 heavy (non-hydrogen) atoms. The van der Waals surface area contributed by atoms with Crippen LogP contribution in [-0.4, -0.2) is 37.3 Å². The lowest BCUT2D eigenvalue weighted by Gasteiger charge is -2.09. The van der Waals surface area contributed by atoms with Crippen molar-refractivity contribution in [3.8, 4) is 0 Å². The fourth-order valence-electron chi connectivity index (χ4n) is 1.11. The molecule has 0 saturated carbocycles. The Morgan fingerprint density at radius 2 is 1.82 bits per heavy atom. The first-order valence-electron chi connectivity index (χ1n) is 5.08. The van der Waals surface area contributed by atoms with Crippen molar-refractivity contribution >= 4 is 23.0 Å². The first kappa shape index (κ1) is 13.6. The number of carbonyl (C=O) groups is 2. The van der Waals surface area contributed by atoms with E-state index in [1.54, 1.807) is 14.1 Å². The Hall–Kier alpha value is -1.49. The molecule has 0 spiro atoms. The Labute approximate surface area is 105 Å². The van der Waals surface area contributed by atoms with Gasteiger partial charge in [0, 0.05) is 19.0 Å². The molecule has 0 aliphatic carbocycles. The van der Waals surface area contributed by atoms with Gasteiger partial charge in [0.05, 0.1) is 13.5 Å². The van der Waals surface area contributed by atoms with Crippen LogP contribution >= 0.6 is 11.8 Å². The van der Waals surface area contributed by atoms with Gasteiger partial charge in [-0.25, -0.2) is 0 Å². The Bertz CT molecular complexity index is 401. The summed E-state index contributed by atoms with van der Waals surface area (Å²) in [5, 5.41) is -0.0225. The second-order valence-corrected chi connectivity index (χ2v) is 4.68. The molecule has 0 aliphatic heterocycles. The first-order valence-corrected chi connectivity index (χ1v) is 5.89. The van der Waals surface area contributed by atoms with Crippen molar-refractivity contribution in [3.05, 3.63) is 29.8 Å². The average Bonchev–Trinajstić information content (AvgIpc) is 2.31. The normalized spacial score (nSPS) is 9.82. The Morgan fingerprint density at radius 1 is 1.24 bits per heavy atom. The minimum absolute atomic E-state index is 0.0225. The minimum atomic E-state index is -0.269. The topological polar surface area (TPSA) is 46.6 Å². The number of benzene rings is 1. The highest BCUT2D eigenvalue weighted by molar-refractivity contribution is 8.13. The van der Waals surface area contributed by atoms with E-state index in [9.17, 15) is 9.59 Å². The second-order valence-electron chi connectivity index (χ2n) is 3.66. The Morgan fingerprint density at radius 3 is 2.29 bits per heavy atom. The number of nitrogens with zero attached hydrogens (tertiary/aromatic N) is 1. The number of methoxy groups -OCH3 is 1. The molecule has 0 aliphatic rings. The molecule has 0 N–H and O–H groups in total. The molecule has 5 heteroatoms. The monoisotopic (exact) mass is 253 g/mol. The zero-order chi connectivity index (χ0) is 12.8. The Kier molecular flexibility index (Phi) is 5.03. The lowest BCUT2D eigenvalue weighted by Crippen LogP contribution is -2.15. The third kappa shape index (κ3) is 4.48. The summed E-state index contributed by atoms with van der Waals surface area (Å²) in [6.45, 7) is 0. The summed E-state index contributed by atoms with van der Waals surface area (Å²) in [5.74, 6) is -0.269. The Balaban J connectivity index is 2.62. The van der Waals surface area contributed by atoms with Crippen molar-refractivity contribution in [1.29, 1.82) is 0 Å². The maximum absolute atomic E-state index is 11.4. The molecule has 0 aromatic heterocycles. The summed E-state index contributed by atoms with van der Waals surface area (Å²) >= 11 is 1.16. The lowest BCUT2D eigenvalue weighted by atomic mass is 10.2. The molecule has 1 rings (SSSR count). The van der Waals surface area contributed by atoms with Crippen molar-refractivity contribution in [1.82, 2.24) is 4.90 Å². The van der Waals surface area contributed by atoms with Crippen LogP contribution in [0.3, 0.4) is 0 Å². The minimum Gasteiger partial charge on any atom is -0.469 e. The van der Waals surface area contributed by atoms with E-state index < -0.39 is 0 Å². The zero-order valence-corrected chi connectivity index (χ0v) is 10.9. The first-order chi connectivity index (χ1) is 8.02. The number of hydrogen-bond donors (Lipinski definition) is 0. The van der Waals surface area contributed by atoms with Crippen LogP contribution < -0.4 is 0 Å². The molecule has 0 fully saturated rings. The van der Waals surface area contributed by atoms with Crippen LogP contribution in [0.4, 0.5) is 4.79 Å². The molecule has 0 radical (unpaired) electrons. The van der Waals surface area contributed by atoms with Gasteiger partial charge in [-0.3, -0.25) is 9.59 Å². The third-order valence-electron chi connectivity index (χ3n) is 2.07. The molecule has 0 saturated heterocycles. The van der Waals surface area contributed by atoms with Crippen molar-refractivity contribution in [3.63, 3.8) is 0 Å². The largest absolute Gasteiger partial charge is 0.469 e. The molecule has 0 unspecified atom stereocenters. The smallest absolute Gasteiger partial charge is 0.309 e. The van der Waals surface area contributed by atoms with Gasteiger partial charge in [-0.1, -0.05) is 12.1 Å². The van der Waals surface area contributed by atoms with E-state index in [0.29, 0.717) is 0 Å². The highest BCUT2D eigenvalue weighted by Gasteiger charge is 2.07. The number of amides is 1. The highest BCUT2D eigenvalue weighted by atomic mass is 32.2. The molecular formula is C12H15NO3S. The fourth-order valence-corrected chi connectivity index (χ4v) is 1.76. The number of rotatable bonds is 3. The van der Waals surface area contributed by atoms with Gasteiger partial charge in [0.1, 0.15) is 0 Å². The SMILES string of the molecule is COC(=O)Cc1ccc(SC(=O)N(C)C)cc1.